The lowest BCUT2D eigenvalue weighted by Gasteiger charge is -2.22. The lowest BCUT2D eigenvalue weighted by Crippen LogP contribution is -2.24. The Bertz CT molecular complexity index is 380. The third-order valence-electron chi connectivity index (χ3n) is 1.15. The molecule has 0 unspecified atom stereocenters. The minimum atomic E-state index is -5.29. The summed E-state index contributed by atoms with van der Waals surface area (Å²) in [6, 6.07) is 0. The molecule has 0 aliphatic rings. The normalized spacial score (nSPS) is 14.5. The molecule has 0 aromatic rings. The van der Waals surface area contributed by atoms with Gasteiger partial charge in [-0.15, -0.1) is 4.44 Å². The van der Waals surface area contributed by atoms with Crippen LogP contribution < -0.4 is 0 Å². The van der Waals surface area contributed by atoms with Crippen molar-refractivity contribution in [1.29, 1.82) is 0 Å². The van der Waals surface area contributed by atoms with E-state index >= 15 is 0 Å². The summed E-state index contributed by atoms with van der Waals surface area (Å²) in [7, 11) is -15.1. The quantitative estimate of drug-likeness (QED) is 0.291. The monoisotopic (exact) mass is 285 g/mol. The predicted octanol–water partition coefficient (Wildman–Crippen LogP) is -1.64. The first kappa shape index (κ1) is 15.2. The third-order valence-corrected chi connectivity index (χ3v) is 4.85. The molecule has 0 radical (unpaired) electrons. The zero-order chi connectivity index (χ0) is 12.5. The van der Waals surface area contributed by atoms with Gasteiger partial charge in [-0.1, -0.05) is 0 Å². The average molecular weight is 285 g/mol. The van der Waals surface area contributed by atoms with Gasteiger partial charge >= 0.3 is 15.5 Å². The molecular formula is C2H9NO9P2S. The fourth-order valence-corrected chi connectivity index (χ4v) is 3.23. The van der Waals surface area contributed by atoms with Crippen LogP contribution >= 0.6 is 15.5 Å². The van der Waals surface area contributed by atoms with Gasteiger partial charge in [0.2, 0.25) is 0 Å². The zero-order valence-electron chi connectivity index (χ0n) is 7.03. The molecule has 0 amide bonds. The van der Waals surface area contributed by atoms with Gasteiger partial charge in [-0.25, -0.2) is 9.13 Å². The Balaban J connectivity index is 4.87. The van der Waals surface area contributed by atoms with Gasteiger partial charge in [0.25, 0.3) is 10.1 Å². The van der Waals surface area contributed by atoms with Crippen molar-refractivity contribution in [1.82, 2.24) is 4.44 Å². The smallest absolute Gasteiger partial charge is 0.312 e. The molecule has 92 valence electrons. The molecule has 0 saturated carbocycles. The van der Waals surface area contributed by atoms with E-state index in [0.717, 1.165) is 0 Å². The van der Waals surface area contributed by atoms with E-state index < -0.39 is 42.3 Å². The summed E-state index contributed by atoms with van der Waals surface area (Å²) >= 11 is 0. The Kier molecular flexibility index (Phi) is 4.63. The molecule has 13 heteroatoms. The van der Waals surface area contributed by atoms with E-state index in [1.807, 2.05) is 0 Å². The standard InChI is InChI=1S/C2H9NO9P2S/c4-13(5,6)3(14(7,8)9)1-2-15(10,11)12/h1-2H2,(H2,4,5,6)(H2,7,8,9)(H,10,11,12). The molecule has 0 aliphatic carbocycles. The molecule has 0 atom stereocenters. The molecule has 0 bridgehead atoms. The Hall–Kier alpha value is 0.170. The summed E-state index contributed by atoms with van der Waals surface area (Å²) in [4.78, 5) is 33.9. The first-order valence-corrected chi connectivity index (χ1v) is 7.93. The van der Waals surface area contributed by atoms with Crippen LogP contribution in [0.1, 0.15) is 0 Å². The Labute approximate surface area is 84.7 Å². The van der Waals surface area contributed by atoms with E-state index in [2.05, 4.69) is 0 Å². The second kappa shape index (κ2) is 4.58. The van der Waals surface area contributed by atoms with Crippen LogP contribution in [0.4, 0.5) is 0 Å². The zero-order valence-corrected chi connectivity index (χ0v) is 9.64. The summed E-state index contributed by atoms with van der Waals surface area (Å²) in [5, 5.41) is 0. The molecular weight excluding hydrogens is 276 g/mol. The van der Waals surface area contributed by atoms with Gasteiger partial charge in [0, 0.05) is 6.54 Å². The van der Waals surface area contributed by atoms with E-state index in [-0.39, 0.29) is 0 Å². The Morgan fingerprint density at radius 2 is 1.33 bits per heavy atom. The largest absolute Gasteiger partial charge is 0.412 e. The van der Waals surface area contributed by atoms with Crippen LogP contribution in [0.2, 0.25) is 0 Å². The van der Waals surface area contributed by atoms with Crippen molar-refractivity contribution >= 4 is 25.6 Å². The highest BCUT2D eigenvalue weighted by molar-refractivity contribution is 7.85. The van der Waals surface area contributed by atoms with Crippen LogP contribution in [0.15, 0.2) is 0 Å². The van der Waals surface area contributed by atoms with Gasteiger partial charge in [-0.3, -0.25) is 4.55 Å². The minimum absolute atomic E-state index is 0.603. The van der Waals surface area contributed by atoms with Gasteiger partial charge in [0.15, 0.2) is 0 Å². The molecule has 15 heavy (non-hydrogen) atoms. The van der Waals surface area contributed by atoms with Crippen LogP contribution in [0.25, 0.3) is 0 Å². The fraction of sp³-hybridized carbons (Fsp3) is 1.00. The van der Waals surface area contributed by atoms with E-state index in [9.17, 15) is 17.5 Å². The summed E-state index contributed by atoms with van der Waals surface area (Å²) in [5.41, 5.74) is 0. The van der Waals surface area contributed by atoms with Gasteiger partial charge in [0.1, 0.15) is 0 Å². The first-order chi connectivity index (χ1) is 6.34. The summed E-state index contributed by atoms with van der Waals surface area (Å²) in [5.74, 6) is -1.21. The maximum atomic E-state index is 10.5. The van der Waals surface area contributed by atoms with E-state index in [1.165, 1.54) is 0 Å². The molecule has 0 aromatic heterocycles. The van der Waals surface area contributed by atoms with Gasteiger partial charge in [0.05, 0.1) is 5.75 Å². The lowest BCUT2D eigenvalue weighted by molar-refractivity contribution is 0.273. The molecule has 0 spiro atoms. The maximum Gasteiger partial charge on any atom is 0.412 e. The van der Waals surface area contributed by atoms with Crippen molar-refractivity contribution in [3.63, 3.8) is 0 Å². The average Bonchev–Trinajstić information content (AvgIpc) is 1.75. The maximum absolute atomic E-state index is 10.5. The highest BCUT2D eigenvalue weighted by atomic mass is 32.2. The third kappa shape index (κ3) is 6.36. The molecule has 5 N–H and O–H groups in total. The highest BCUT2D eigenvalue weighted by Crippen LogP contribution is 2.57. The van der Waals surface area contributed by atoms with Gasteiger partial charge in [-0.05, 0) is 0 Å². The lowest BCUT2D eigenvalue weighted by atomic mass is 10.8. The van der Waals surface area contributed by atoms with E-state index in [1.54, 1.807) is 0 Å². The second-order valence-electron chi connectivity index (χ2n) is 2.41. The SMILES string of the molecule is O=P(O)(O)N(CCS(=O)(=O)O)P(=O)(O)O. The molecule has 10 nitrogen and oxygen atoms in total. The topological polar surface area (TPSA) is 173 Å². The molecule has 0 heterocycles. The minimum Gasteiger partial charge on any atom is -0.312 e. The fourth-order valence-electron chi connectivity index (χ4n) is 0.609. The van der Waals surface area contributed by atoms with Gasteiger partial charge < -0.3 is 19.6 Å². The Morgan fingerprint density at radius 1 is 1.00 bits per heavy atom. The van der Waals surface area contributed by atoms with Crippen molar-refractivity contribution in [2.24, 2.45) is 0 Å². The van der Waals surface area contributed by atoms with Crippen LogP contribution in [0.3, 0.4) is 0 Å². The molecule has 0 rings (SSSR count). The first-order valence-electron chi connectivity index (χ1n) is 3.19. The molecule has 0 saturated heterocycles. The van der Waals surface area contributed by atoms with E-state index in [0.29, 0.717) is 0 Å². The van der Waals surface area contributed by atoms with Crippen molar-refractivity contribution in [3.8, 4) is 0 Å². The highest BCUT2D eigenvalue weighted by Gasteiger charge is 2.39. The van der Waals surface area contributed by atoms with Gasteiger partial charge in [-0.2, -0.15) is 8.42 Å². The second-order valence-corrected chi connectivity index (χ2v) is 7.31. The summed E-state index contributed by atoms with van der Waals surface area (Å²) in [6.07, 6.45) is 0. The summed E-state index contributed by atoms with van der Waals surface area (Å²) in [6.45, 7) is -1.19. The van der Waals surface area contributed by atoms with Crippen LogP contribution in [0, 0.1) is 0 Å². The molecule has 0 aromatic carbocycles. The number of rotatable bonds is 5. The van der Waals surface area contributed by atoms with Crippen LogP contribution in [0.5, 0.6) is 0 Å². The molecule has 0 fully saturated rings. The van der Waals surface area contributed by atoms with Crippen molar-refractivity contribution in [3.05, 3.63) is 0 Å². The number of hydrogen-bond donors (Lipinski definition) is 5. The van der Waals surface area contributed by atoms with Crippen LogP contribution in [-0.2, 0) is 19.2 Å². The number of nitrogens with zero attached hydrogens (tertiary/aromatic N) is 1. The molecule has 0 aliphatic heterocycles. The summed E-state index contributed by atoms with van der Waals surface area (Å²) < 4.78 is 49.2. The van der Waals surface area contributed by atoms with Crippen molar-refractivity contribution in [2.45, 2.75) is 0 Å². The number of hydrogen-bond acceptors (Lipinski definition) is 4. The van der Waals surface area contributed by atoms with Crippen molar-refractivity contribution < 1.29 is 41.7 Å². The van der Waals surface area contributed by atoms with Crippen LogP contribution in [-0.4, -0.2) is 49.3 Å². The predicted molar refractivity (Wildman–Crippen MR) is 47.2 cm³/mol. The Morgan fingerprint density at radius 3 is 1.53 bits per heavy atom. The van der Waals surface area contributed by atoms with E-state index in [4.69, 9.17) is 24.1 Å². The van der Waals surface area contributed by atoms with Crippen molar-refractivity contribution in [2.75, 3.05) is 12.3 Å².